The fourth-order valence-electron chi connectivity index (χ4n) is 0.835. The first-order chi connectivity index (χ1) is 5.74. The predicted octanol–water partition coefficient (Wildman–Crippen LogP) is 0.140. The molecule has 1 rings (SSSR count). The fraction of sp³-hybridized carbons (Fsp3) is 0.667. The molecule has 0 bridgehead atoms. The number of nitrogens with two attached hydrogens (primary N) is 2. The standard InChI is InChI=1S/C6H13N5S/c1-12-3-2-4(7)5-9-6(8)11-10-5/h4H,2-3,7H2,1H3,(H3,8,9,10,11)/t4-/m0/s1. The number of nitrogens with zero attached hydrogens (tertiary/aromatic N) is 2. The molecule has 1 aromatic rings. The number of anilines is 1. The van der Waals surface area contributed by atoms with Crippen molar-refractivity contribution in [1.82, 2.24) is 15.2 Å². The highest BCUT2D eigenvalue weighted by Crippen LogP contribution is 2.11. The summed E-state index contributed by atoms with van der Waals surface area (Å²) >= 11 is 1.76. The third-order valence-electron chi connectivity index (χ3n) is 1.50. The third kappa shape index (κ3) is 2.38. The van der Waals surface area contributed by atoms with Crippen LogP contribution in [0.2, 0.25) is 0 Å². The summed E-state index contributed by atoms with van der Waals surface area (Å²) in [5.74, 6) is 1.94. The van der Waals surface area contributed by atoms with Crippen molar-refractivity contribution in [3.05, 3.63) is 5.82 Å². The van der Waals surface area contributed by atoms with Crippen LogP contribution in [-0.4, -0.2) is 27.2 Å². The van der Waals surface area contributed by atoms with Crippen LogP contribution in [-0.2, 0) is 0 Å². The molecule has 0 amide bonds. The summed E-state index contributed by atoms with van der Waals surface area (Å²) in [5, 5.41) is 6.39. The van der Waals surface area contributed by atoms with Crippen molar-refractivity contribution in [2.24, 2.45) is 5.73 Å². The van der Waals surface area contributed by atoms with Gasteiger partial charge in [0.2, 0.25) is 5.95 Å². The maximum absolute atomic E-state index is 5.79. The molecule has 0 aliphatic rings. The number of nitrogen functional groups attached to an aromatic ring is 1. The van der Waals surface area contributed by atoms with Crippen LogP contribution in [0.1, 0.15) is 18.3 Å². The topological polar surface area (TPSA) is 93.6 Å². The van der Waals surface area contributed by atoms with Gasteiger partial charge in [-0.3, -0.25) is 5.10 Å². The maximum atomic E-state index is 5.79. The molecule has 1 heterocycles. The van der Waals surface area contributed by atoms with E-state index < -0.39 is 0 Å². The van der Waals surface area contributed by atoms with Crippen LogP contribution in [0.25, 0.3) is 0 Å². The first-order valence-electron chi connectivity index (χ1n) is 3.66. The summed E-state index contributed by atoms with van der Waals surface area (Å²) in [5.41, 5.74) is 11.1. The lowest BCUT2D eigenvalue weighted by Gasteiger charge is -2.05. The minimum Gasteiger partial charge on any atom is -0.367 e. The van der Waals surface area contributed by atoms with Gasteiger partial charge in [0.05, 0.1) is 6.04 Å². The average molecular weight is 187 g/mol. The van der Waals surface area contributed by atoms with E-state index in [0.29, 0.717) is 5.82 Å². The smallest absolute Gasteiger partial charge is 0.239 e. The molecule has 1 atom stereocenters. The molecule has 0 saturated heterocycles. The monoisotopic (exact) mass is 187 g/mol. The van der Waals surface area contributed by atoms with E-state index >= 15 is 0 Å². The largest absolute Gasteiger partial charge is 0.367 e. The van der Waals surface area contributed by atoms with Gasteiger partial charge in [0.25, 0.3) is 0 Å². The molecule has 0 aromatic carbocycles. The molecule has 6 heteroatoms. The van der Waals surface area contributed by atoms with Gasteiger partial charge in [0.15, 0.2) is 0 Å². The minimum atomic E-state index is -0.0813. The van der Waals surface area contributed by atoms with Crippen molar-refractivity contribution in [2.75, 3.05) is 17.7 Å². The quantitative estimate of drug-likeness (QED) is 0.623. The molecule has 5 nitrogen and oxygen atoms in total. The summed E-state index contributed by atoms with van der Waals surface area (Å²) < 4.78 is 0. The van der Waals surface area contributed by atoms with Gasteiger partial charge in [-0.05, 0) is 18.4 Å². The van der Waals surface area contributed by atoms with E-state index in [1.54, 1.807) is 11.8 Å². The second-order valence-electron chi connectivity index (χ2n) is 2.47. The van der Waals surface area contributed by atoms with E-state index in [1.807, 2.05) is 6.26 Å². The number of aromatic amines is 1. The second-order valence-corrected chi connectivity index (χ2v) is 3.45. The summed E-state index contributed by atoms with van der Waals surface area (Å²) in [6.07, 6.45) is 2.93. The maximum Gasteiger partial charge on any atom is 0.239 e. The van der Waals surface area contributed by atoms with Crippen molar-refractivity contribution < 1.29 is 0 Å². The number of aromatic nitrogens is 3. The first kappa shape index (κ1) is 9.34. The average Bonchev–Trinajstić information content (AvgIpc) is 2.47. The van der Waals surface area contributed by atoms with Gasteiger partial charge in [-0.25, -0.2) is 0 Å². The van der Waals surface area contributed by atoms with Crippen LogP contribution < -0.4 is 11.5 Å². The highest BCUT2D eigenvalue weighted by molar-refractivity contribution is 7.98. The lowest BCUT2D eigenvalue weighted by Crippen LogP contribution is -2.13. The van der Waals surface area contributed by atoms with Crippen molar-refractivity contribution >= 4 is 17.7 Å². The fourth-order valence-corrected chi connectivity index (χ4v) is 1.32. The van der Waals surface area contributed by atoms with Crippen LogP contribution in [0, 0.1) is 0 Å². The van der Waals surface area contributed by atoms with Crippen molar-refractivity contribution in [3.63, 3.8) is 0 Å². The molecule has 0 spiro atoms. The summed E-state index contributed by atoms with van der Waals surface area (Å²) in [4.78, 5) is 3.94. The Balaban J connectivity index is 2.47. The molecule has 0 saturated carbocycles. The third-order valence-corrected chi connectivity index (χ3v) is 2.15. The molecule has 12 heavy (non-hydrogen) atoms. The van der Waals surface area contributed by atoms with Crippen LogP contribution in [0.5, 0.6) is 0 Å². The van der Waals surface area contributed by atoms with Gasteiger partial charge in [0.1, 0.15) is 5.82 Å². The molecule has 68 valence electrons. The predicted molar refractivity (Wildman–Crippen MR) is 50.7 cm³/mol. The number of hydrogen-bond donors (Lipinski definition) is 3. The highest BCUT2D eigenvalue weighted by atomic mass is 32.2. The van der Waals surface area contributed by atoms with Gasteiger partial charge in [0, 0.05) is 0 Å². The Labute approximate surface area is 75.3 Å². The Morgan fingerprint density at radius 1 is 1.67 bits per heavy atom. The van der Waals surface area contributed by atoms with E-state index in [1.165, 1.54) is 0 Å². The van der Waals surface area contributed by atoms with Crippen LogP contribution in [0.3, 0.4) is 0 Å². The van der Waals surface area contributed by atoms with E-state index in [-0.39, 0.29) is 12.0 Å². The van der Waals surface area contributed by atoms with Gasteiger partial charge in [-0.15, -0.1) is 5.10 Å². The Hall–Kier alpha value is -0.750. The normalized spacial score (nSPS) is 13.2. The van der Waals surface area contributed by atoms with Crippen molar-refractivity contribution in [2.45, 2.75) is 12.5 Å². The molecular formula is C6H13N5S. The SMILES string of the molecule is CSCC[C@H](N)c1nc(N)n[nH]1. The minimum absolute atomic E-state index is 0.0813. The first-order valence-corrected chi connectivity index (χ1v) is 5.05. The molecule has 0 radical (unpaired) electrons. The van der Waals surface area contributed by atoms with E-state index in [4.69, 9.17) is 11.5 Å². The highest BCUT2D eigenvalue weighted by Gasteiger charge is 2.09. The number of hydrogen-bond acceptors (Lipinski definition) is 5. The molecule has 1 aromatic heterocycles. The molecule has 0 fully saturated rings. The Morgan fingerprint density at radius 2 is 2.42 bits per heavy atom. The lowest BCUT2D eigenvalue weighted by molar-refractivity contribution is 0.658. The van der Waals surface area contributed by atoms with Gasteiger partial charge in [-0.1, -0.05) is 0 Å². The summed E-state index contributed by atoms with van der Waals surface area (Å²) in [6, 6.07) is -0.0813. The van der Waals surface area contributed by atoms with Gasteiger partial charge < -0.3 is 11.5 Å². The Morgan fingerprint density at radius 3 is 2.92 bits per heavy atom. The summed E-state index contributed by atoms with van der Waals surface area (Å²) in [6.45, 7) is 0. The Bertz CT molecular complexity index is 236. The Kier molecular flexibility index (Phi) is 3.36. The van der Waals surface area contributed by atoms with Crippen molar-refractivity contribution in [1.29, 1.82) is 0 Å². The van der Waals surface area contributed by atoms with E-state index in [9.17, 15) is 0 Å². The zero-order chi connectivity index (χ0) is 8.97. The van der Waals surface area contributed by atoms with Gasteiger partial charge in [-0.2, -0.15) is 16.7 Å². The number of nitrogens with one attached hydrogen (secondary N) is 1. The van der Waals surface area contributed by atoms with Gasteiger partial charge >= 0.3 is 0 Å². The molecular weight excluding hydrogens is 174 g/mol. The van der Waals surface area contributed by atoms with Crippen LogP contribution in [0.15, 0.2) is 0 Å². The lowest BCUT2D eigenvalue weighted by atomic mass is 10.2. The van der Waals surface area contributed by atoms with E-state index in [2.05, 4.69) is 15.2 Å². The van der Waals surface area contributed by atoms with E-state index in [0.717, 1.165) is 12.2 Å². The summed E-state index contributed by atoms with van der Waals surface area (Å²) in [7, 11) is 0. The van der Waals surface area contributed by atoms with Crippen LogP contribution >= 0.6 is 11.8 Å². The van der Waals surface area contributed by atoms with Crippen LogP contribution in [0.4, 0.5) is 5.95 Å². The molecule has 0 aliphatic carbocycles. The van der Waals surface area contributed by atoms with Crippen molar-refractivity contribution in [3.8, 4) is 0 Å². The molecule has 5 N–H and O–H groups in total. The number of H-pyrrole nitrogens is 1. The zero-order valence-corrected chi connectivity index (χ0v) is 7.77. The molecule has 0 unspecified atom stereocenters. The zero-order valence-electron chi connectivity index (χ0n) is 6.95. The second kappa shape index (κ2) is 4.32. The number of rotatable bonds is 4. The molecule has 0 aliphatic heterocycles. The number of thioether (sulfide) groups is 1.